The quantitative estimate of drug-likeness (QED) is 0.604. The third kappa shape index (κ3) is 3.86. The van der Waals surface area contributed by atoms with Crippen LogP contribution in [0.5, 0.6) is 11.5 Å². The fourth-order valence-corrected chi connectivity index (χ4v) is 2.94. The molecule has 0 N–H and O–H groups in total. The Hall–Kier alpha value is -2.44. The molecule has 0 saturated heterocycles. The summed E-state index contributed by atoms with van der Waals surface area (Å²) in [6, 6.07) is 10.8. The van der Waals surface area contributed by atoms with E-state index in [0.717, 1.165) is 5.69 Å². The Balaban J connectivity index is 1.78. The van der Waals surface area contributed by atoms with Crippen LogP contribution in [0.1, 0.15) is 5.89 Å². The number of aromatic nitrogens is 2. The van der Waals surface area contributed by atoms with Gasteiger partial charge >= 0.3 is 0 Å². The molecule has 0 aliphatic heterocycles. The fraction of sp³-hybridized carbons (Fsp3) is 0.222. The van der Waals surface area contributed by atoms with Gasteiger partial charge in [-0.25, -0.2) is 0 Å². The van der Waals surface area contributed by atoms with Crippen LogP contribution in [-0.2, 0) is 6.54 Å². The predicted molar refractivity (Wildman–Crippen MR) is 101 cm³/mol. The van der Waals surface area contributed by atoms with Crippen molar-refractivity contribution in [1.82, 2.24) is 10.2 Å². The topological polar surface area (TPSA) is 60.6 Å². The number of nitrogens with zero attached hydrogens (tertiary/aromatic N) is 3. The molecule has 0 unspecified atom stereocenters. The molecule has 1 aromatic heterocycles. The molecule has 0 bridgehead atoms. The molecule has 2 aromatic carbocycles. The summed E-state index contributed by atoms with van der Waals surface area (Å²) in [4.78, 5) is 1.96. The third-order valence-electron chi connectivity index (χ3n) is 3.81. The molecule has 0 saturated carbocycles. The van der Waals surface area contributed by atoms with Crippen LogP contribution in [0.4, 0.5) is 5.69 Å². The van der Waals surface area contributed by atoms with Crippen molar-refractivity contribution in [1.29, 1.82) is 0 Å². The van der Waals surface area contributed by atoms with E-state index in [4.69, 9.17) is 37.1 Å². The van der Waals surface area contributed by atoms with Crippen molar-refractivity contribution in [2.45, 2.75) is 6.54 Å². The van der Waals surface area contributed by atoms with Crippen LogP contribution in [0.25, 0.3) is 11.5 Å². The molecule has 0 fully saturated rings. The van der Waals surface area contributed by atoms with Crippen molar-refractivity contribution in [2.24, 2.45) is 0 Å². The van der Waals surface area contributed by atoms with Gasteiger partial charge in [0.25, 0.3) is 0 Å². The van der Waals surface area contributed by atoms with E-state index in [0.29, 0.717) is 45.4 Å². The molecule has 136 valence electrons. The van der Waals surface area contributed by atoms with E-state index in [2.05, 4.69) is 10.2 Å². The lowest BCUT2D eigenvalue weighted by molar-refractivity contribution is 0.355. The van der Waals surface area contributed by atoms with Gasteiger partial charge in [0, 0.05) is 23.8 Å². The van der Waals surface area contributed by atoms with Gasteiger partial charge in [0.1, 0.15) is 0 Å². The Morgan fingerprint density at radius 3 is 2.46 bits per heavy atom. The third-order valence-corrected chi connectivity index (χ3v) is 4.36. The number of halogens is 2. The largest absolute Gasteiger partial charge is 0.493 e. The van der Waals surface area contributed by atoms with E-state index in [1.807, 2.05) is 30.1 Å². The lowest BCUT2D eigenvalue weighted by Gasteiger charge is -2.18. The van der Waals surface area contributed by atoms with Crippen molar-refractivity contribution >= 4 is 28.9 Å². The van der Waals surface area contributed by atoms with Crippen LogP contribution in [0, 0.1) is 0 Å². The first-order valence-electron chi connectivity index (χ1n) is 7.72. The molecule has 26 heavy (non-hydrogen) atoms. The fourth-order valence-electron chi connectivity index (χ4n) is 2.45. The minimum atomic E-state index is 0.349. The molecule has 0 aliphatic rings. The monoisotopic (exact) mass is 393 g/mol. The maximum Gasteiger partial charge on any atom is 0.249 e. The van der Waals surface area contributed by atoms with Crippen molar-refractivity contribution in [3.05, 3.63) is 52.3 Å². The molecule has 0 spiro atoms. The zero-order valence-corrected chi connectivity index (χ0v) is 16.0. The summed E-state index contributed by atoms with van der Waals surface area (Å²) in [5.74, 6) is 2.13. The first-order chi connectivity index (χ1) is 12.5. The number of hydrogen-bond donors (Lipinski definition) is 0. The van der Waals surface area contributed by atoms with Crippen LogP contribution in [0.3, 0.4) is 0 Å². The molecular formula is C18H17Cl2N3O3. The Bertz CT molecular complexity index is 914. The predicted octanol–water partition coefficient (Wildman–Crippen LogP) is 4.70. The second-order valence-electron chi connectivity index (χ2n) is 5.52. The van der Waals surface area contributed by atoms with Gasteiger partial charge in [-0.2, -0.15) is 0 Å². The van der Waals surface area contributed by atoms with E-state index in [1.165, 1.54) is 0 Å². The second-order valence-corrected chi connectivity index (χ2v) is 6.36. The Kier molecular flexibility index (Phi) is 5.54. The van der Waals surface area contributed by atoms with E-state index in [1.54, 1.807) is 32.4 Å². The van der Waals surface area contributed by atoms with Gasteiger partial charge in [0.15, 0.2) is 11.5 Å². The van der Waals surface area contributed by atoms with Gasteiger partial charge in [0.05, 0.1) is 31.4 Å². The highest BCUT2D eigenvalue weighted by Crippen LogP contribution is 2.32. The zero-order valence-electron chi connectivity index (χ0n) is 14.5. The number of anilines is 1. The number of ether oxygens (including phenoxy) is 2. The van der Waals surface area contributed by atoms with E-state index in [9.17, 15) is 0 Å². The molecule has 8 heteroatoms. The number of hydrogen-bond acceptors (Lipinski definition) is 6. The number of rotatable bonds is 6. The maximum atomic E-state index is 6.19. The van der Waals surface area contributed by atoms with Crippen molar-refractivity contribution in [3.8, 4) is 23.0 Å². The molecule has 6 nitrogen and oxygen atoms in total. The molecule has 1 heterocycles. The summed E-state index contributed by atoms with van der Waals surface area (Å²) >= 11 is 12.1. The molecule has 3 rings (SSSR count). The van der Waals surface area contributed by atoms with Gasteiger partial charge in [-0.1, -0.05) is 23.2 Å². The molecule has 3 aromatic rings. The van der Waals surface area contributed by atoms with Crippen molar-refractivity contribution in [2.75, 3.05) is 26.2 Å². The number of benzene rings is 2. The standard InChI is InChI=1S/C18H17Cl2N3O3/c1-23(12-5-7-15(24-2)16(9-12)25-3)10-17-21-22-18(26-17)13-6-4-11(19)8-14(13)20/h4-9H,10H2,1-3H3. The summed E-state index contributed by atoms with van der Waals surface area (Å²) in [5.41, 5.74) is 1.57. The average molecular weight is 394 g/mol. The van der Waals surface area contributed by atoms with Crippen LogP contribution in [0.2, 0.25) is 10.0 Å². The van der Waals surface area contributed by atoms with E-state index < -0.39 is 0 Å². The highest BCUT2D eigenvalue weighted by atomic mass is 35.5. The minimum Gasteiger partial charge on any atom is -0.493 e. The smallest absolute Gasteiger partial charge is 0.249 e. The first-order valence-corrected chi connectivity index (χ1v) is 8.48. The van der Waals surface area contributed by atoms with Gasteiger partial charge in [-0.3, -0.25) is 0 Å². The van der Waals surface area contributed by atoms with E-state index >= 15 is 0 Å². The van der Waals surface area contributed by atoms with Gasteiger partial charge in [-0.05, 0) is 30.3 Å². The molecule has 0 atom stereocenters. The Labute approximate surface area is 161 Å². The lowest BCUT2D eigenvalue weighted by Crippen LogP contribution is -2.16. The minimum absolute atomic E-state index is 0.349. The zero-order chi connectivity index (χ0) is 18.7. The molecule has 0 aliphatic carbocycles. The molecule has 0 radical (unpaired) electrons. The van der Waals surface area contributed by atoms with Gasteiger partial charge in [-0.15, -0.1) is 10.2 Å². The van der Waals surface area contributed by atoms with Crippen molar-refractivity contribution in [3.63, 3.8) is 0 Å². The Morgan fingerprint density at radius 2 is 1.77 bits per heavy atom. The molecule has 0 amide bonds. The SMILES string of the molecule is COc1ccc(N(C)Cc2nnc(-c3ccc(Cl)cc3Cl)o2)cc1OC. The average Bonchev–Trinajstić information content (AvgIpc) is 3.09. The lowest BCUT2D eigenvalue weighted by atomic mass is 10.2. The summed E-state index contributed by atoms with van der Waals surface area (Å²) in [5, 5.41) is 9.17. The van der Waals surface area contributed by atoms with Crippen LogP contribution < -0.4 is 14.4 Å². The highest BCUT2D eigenvalue weighted by molar-refractivity contribution is 6.36. The van der Waals surface area contributed by atoms with E-state index in [-0.39, 0.29) is 0 Å². The first kappa shape index (κ1) is 18.4. The summed E-state index contributed by atoms with van der Waals surface area (Å²) in [7, 11) is 5.12. The van der Waals surface area contributed by atoms with Gasteiger partial charge in [0.2, 0.25) is 11.8 Å². The van der Waals surface area contributed by atoms with Crippen LogP contribution >= 0.6 is 23.2 Å². The second kappa shape index (κ2) is 7.85. The maximum absolute atomic E-state index is 6.19. The molecular weight excluding hydrogens is 377 g/mol. The normalized spacial score (nSPS) is 10.7. The van der Waals surface area contributed by atoms with Crippen LogP contribution in [-0.4, -0.2) is 31.5 Å². The summed E-state index contributed by atoms with van der Waals surface area (Å²) in [6.45, 7) is 0.424. The summed E-state index contributed by atoms with van der Waals surface area (Å²) in [6.07, 6.45) is 0. The Morgan fingerprint density at radius 1 is 1.00 bits per heavy atom. The highest BCUT2D eigenvalue weighted by Gasteiger charge is 2.15. The van der Waals surface area contributed by atoms with Crippen molar-refractivity contribution < 1.29 is 13.9 Å². The number of methoxy groups -OCH3 is 2. The van der Waals surface area contributed by atoms with Crippen LogP contribution in [0.15, 0.2) is 40.8 Å². The van der Waals surface area contributed by atoms with Gasteiger partial charge < -0.3 is 18.8 Å². The summed E-state index contributed by atoms with van der Waals surface area (Å²) < 4.78 is 16.3.